The lowest BCUT2D eigenvalue weighted by molar-refractivity contribution is 0.103. The first-order valence-electron chi connectivity index (χ1n) is 10.2. The minimum atomic E-state index is -3.42. The van der Waals surface area contributed by atoms with Gasteiger partial charge in [0.25, 0.3) is 0 Å². The van der Waals surface area contributed by atoms with E-state index in [1.54, 1.807) is 10.4 Å². The molecule has 1 atom stereocenters. The Morgan fingerprint density at radius 3 is 2.57 bits per heavy atom. The van der Waals surface area contributed by atoms with Crippen LogP contribution >= 0.6 is 0 Å². The Labute approximate surface area is 167 Å². The maximum atomic E-state index is 13.2. The number of nitrogens with zero attached hydrogens (tertiary/aromatic N) is 2. The van der Waals surface area contributed by atoms with Gasteiger partial charge in [-0.25, -0.2) is 8.42 Å². The van der Waals surface area contributed by atoms with Crippen molar-refractivity contribution in [3.8, 4) is 5.75 Å². The Bertz CT molecular complexity index is 981. The minimum absolute atomic E-state index is 0.315. The summed E-state index contributed by atoms with van der Waals surface area (Å²) in [5.74, 6) is 0.965. The average molecular weight is 399 g/mol. The number of aryl methyl sites for hydroxylation is 2. The van der Waals surface area contributed by atoms with Crippen LogP contribution in [0.4, 0.5) is 0 Å². The molecule has 6 heteroatoms. The number of sulfonamides is 1. The van der Waals surface area contributed by atoms with Gasteiger partial charge in [-0.1, -0.05) is 24.3 Å². The zero-order valence-electron chi connectivity index (χ0n) is 16.0. The molecule has 0 amide bonds. The lowest BCUT2D eigenvalue weighted by atomic mass is 9.98. The molecule has 5 nitrogen and oxygen atoms in total. The molecule has 28 heavy (non-hydrogen) atoms. The van der Waals surface area contributed by atoms with E-state index >= 15 is 0 Å². The molecule has 0 aromatic heterocycles. The number of ether oxygens (including phenoxy) is 1. The van der Waals surface area contributed by atoms with E-state index in [0.717, 1.165) is 51.1 Å². The fraction of sp³-hybridized carbons (Fsp3) is 0.455. The molecular formula is C22H26N2O3S. The normalized spacial score (nSPS) is 23.1. The zero-order valence-corrected chi connectivity index (χ0v) is 16.8. The lowest BCUT2D eigenvalue weighted by Crippen LogP contribution is -2.50. The first-order valence-corrected chi connectivity index (χ1v) is 11.6. The first-order chi connectivity index (χ1) is 13.6. The summed E-state index contributed by atoms with van der Waals surface area (Å²) < 4.78 is 33.8. The molecule has 2 heterocycles. The van der Waals surface area contributed by atoms with Crippen molar-refractivity contribution < 1.29 is 13.2 Å². The van der Waals surface area contributed by atoms with Crippen molar-refractivity contribution in [2.75, 3.05) is 32.8 Å². The van der Waals surface area contributed by atoms with Crippen LogP contribution in [0.25, 0.3) is 0 Å². The van der Waals surface area contributed by atoms with Gasteiger partial charge in [-0.3, -0.25) is 4.90 Å². The lowest BCUT2D eigenvalue weighted by Gasteiger charge is -2.40. The number of benzene rings is 2. The predicted molar refractivity (Wildman–Crippen MR) is 108 cm³/mol. The van der Waals surface area contributed by atoms with Crippen LogP contribution in [0.5, 0.6) is 5.75 Å². The molecule has 1 unspecified atom stereocenters. The van der Waals surface area contributed by atoms with Crippen LogP contribution < -0.4 is 4.74 Å². The van der Waals surface area contributed by atoms with Gasteiger partial charge in [-0.2, -0.15) is 4.31 Å². The topological polar surface area (TPSA) is 49.9 Å². The van der Waals surface area contributed by atoms with Crippen molar-refractivity contribution in [2.24, 2.45) is 0 Å². The predicted octanol–water partition coefficient (Wildman–Crippen LogP) is 3.01. The Kier molecular flexibility index (Phi) is 4.65. The summed E-state index contributed by atoms with van der Waals surface area (Å²) in [5, 5.41) is 0. The quantitative estimate of drug-likeness (QED) is 0.798. The number of hydrogen-bond donors (Lipinski definition) is 0. The van der Waals surface area contributed by atoms with E-state index in [9.17, 15) is 8.42 Å². The van der Waals surface area contributed by atoms with Crippen LogP contribution in [0.1, 0.15) is 35.6 Å². The summed E-state index contributed by atoms with van der Waals surface area (Å²) in [4.78, 5) is 2.87. The van der Waals surface area contributed by atoms with Gasteiger partial charge in [0.15, 0.2) is 0 Å². The molecule has 2 aliphatic heterocycles. The van der Waals surface area contributed by atoms with Crippen molar-refractivity contribution in [3.63, 3.8) is 0 Å². The van der Waals surface area contributed by atoms with Crippen molar-refractivity contribution in [3.05, 3.63) is 59.2 Å². The molecule has 1 saturated heterocycles. The summed E-state index contributed by atoms with van der Waals surface area (Å²) in [6.07, 6.45) is 4.15. The standard InChI is InChI=1S/C22H26N2O3S/c25-28(26,19-9-8-17-4-3-5-18(17)16-19)24-13-11-23(12-14-24)21-10-15-27-22-7-2-1-6-20(21)22/h1-2,6-9,16,21H,3-5,10-15H2. The van der Waals surface area contributed by atoms with Gasteiger partial charge in [0.05, 0.1) is 11.5 Å². The van der Waals surface area contributed by atoms with Gasteiger partial charge >= 0.3 is 0 Å². The van der Waals surface area contributed by atoms with E-state index in [1.807, 2.05) is 24.3 Å². The van der Waals surface area contributed by atoms with Crippen molar-refractivity contribution in [1.29, 1.82) is 0 Å². The highest BCUT2D eigenvalue weighted by Crippen LogP contribution is 2.36. The van der Waals surface area contributed by atoms with E-state index in [2.05, 4.69) is 17.0 Å². The Morgan fingerprint density at radius 2 is 1.71 bits per heavy atom. The van der Waals surface area contributed by atoms with Gasteiger partial charge in [-0.15, -0.1) is 0 Å². The van der Waals surface area contributed by atoms with Gasteiger partial charge in [0, 0.05) is 44.2 Å². The SMILES string of the molecule is O=S(=O)(c1ccc2c(c1)CCC2)N1CCN(C2CCOc3ccccc32)CC1. The molecular weight excluding hydrogens is 372 g/mol. The zero-order chi connectivity index (χ0) is 19.1. The third-order valence-electron chi connectivity index (χ3n) is 6.35. The van der Waals surface area contributed by atoms with E-state index in [0.29, 0.717) is 24.0 Å². The second-order valence-electron chi connectivity index (χ2n) is 7.91. The van der Waals surface area contributed by atoms with Gasteiger partial charge in [-0.05, 0) is 48.6 Å². The molecule has 0 saturated carbocycles. The van der Waals surface area contributed by atoms with Crippen molar-refractivity contribution in [2.45, 2.75) is 36.6 Å². The highest BCUT2D eigenvalue weighted by atomic mass is 32.2. The van der Waals surface area contributed by atoms with E-state index < -0.39 is 10.0 Å². The summed E-state index contributed by atoms with van der Waals surface area (Å²) in [6.45, 7) is 3.31. The average Bonchev–Trinajstić information content (AvgIpc) is 3.21. The molecule has 148 valence electrons. The van der Waals surface area contributed by atoms with Gasteiger partial charge < -0.3 is 4.74 Å². The maximum absolute atomic E-state index is 13.2. The number of para-hydroxylation sites is 1. The Hall–Kier alpha value is -1.89. The van der Waals surface area contributed by atoms with E-state index in [-0.39, 0.29) is 0 Å². The van der Waals surface area contributed by atoms with Crippen molar-refractivity contribution >= 4 is 10.0 Å². The van der Waals surface area contributed by atoms with Crippen LogP contribution in [0.15, 0.2) is 47.4 Å². The highest BCUT2D eigenvalue weighted by molar-refractivity contribution is 7.89. The second kappa shape index (κ2) is 7.17. The summed E-state index contributed by atoms with van der Waals surface area (Å²) in [5.41, 5.74) is 3.74. The van der Waals surface area contributed by atoms with Crippen LogP contribution in [0.2, 0.25) is 0 Å². The molecule has 5 rings (SSSR count). The third-order valence-corrected chi connectivity index (χ3v) is 8.24. The second-order valence-corrected chi connectivity index (χ2v) is 9.85. The third kappa shape index (κ3) is 3.13. The number of fused-ring (bicyclic) bond motifs is 2. The van der Waals surface area contributed by atoms with Gasteiger partial charge in [0.1, 0.15) is 5.75 Å². The van der Waals surface area contributed by atoms with Crippen LogP contribution in [-0.2, 0) is 22.9 Å². The highest BCUT2D eigenvalue weighted by Gasteiger charge is 2.33. The largest absolute Gasteiger partial charge is 0.493 e. The summed E-state index contributed by atoms with van der Waals surface area (Å²) in [7, 11) is -3.42. The Balaban J connectivity index is 1.31. The van der Waals surface area contributed by atoms with Crippen LogP contribution in [-0.4, -0.2) is 50.4 Å². The molecule has 1 aliphatic carbocycles. The number of hydrogen-bond acceptors (Lipinski definition) is 4. The van der Waals surface area contributed by atoms with Crippen LogP contribution in [0, 0.1) is 0 Å². The fourth-order valence-electron chi connectivity index (χ4n) is 4.82. The van der Waals surface area contributed by atoms with E-state index in [1.165, 1.54) is 16.7 Å². The molecule has 0 radical (unpaired) electrons. The number of piperazine rings is 1. The van der Waals surface area contributed by atoms with Crippen molar-refractivity contribution in [1.82, 2.24) is 9.21 Å². The molecule has 2 aromatic carbocycles. The molecule has 0 N–H and O–H groups in total. The number of rotatable bonds is 3. The van der Waals surface area contributed by atoms with Gasteiger partial charge in [0.2, 0.25) is 10.0 Å². The monoisotopic (exact) mass is 398 g/mol. The molecule has 0 spiro atoms. The minimum Gasteiger partial charge on any atom is -0.493 e. The molecule has 2 aromatic rings. The fourth-order valence-corrected chi connectivity index (χ4v) is 6.29. The first kappa shape index (κ1) is 18.2. The maximum Gasteiger partial charge on any atom is 0.243 e. The van der Waals surface area contributed by atoms with Crippen LogP contribution in [0.3, 0.4) is 0 Å². The Morgan fingerprint density at radius 1 is 0.929 bits per heavy atom. The molecule has 3 aliphatic rings. The summed E-state index contributed by atoms with van der Waals surface area (Å²) >= 11 is 0. The molecule has 0 bridgehead atoms. The smallest absolute Gasteiger partial charge is 0.243 e. The van der Waals surface area contributed by atoms with E-state index in [4.69, 9.17) is 4.74 Å². The summed E-state index contributed by atoms with van der Waals surface area (Å²) in [6, 6.07) is 14.2. The molecule has 1 fully saturated rings.